The van der Waals surface area contributed by atoms with Gasteiger partial charge in [-0.05, 0) is 57.6 Å². The summed E-state index contributed by atoms with van der Waals surface area (Å²) < 4.78 is 0. The molecule has 1 aromatic carbocycles. The van der Waals surface area contributed by atoms with Crippen molar-refractivity contribution in [3.63, 3.8) is 0 Å². The zero-order valence-electron chi connectivity index (χ0n) is 19.1. The number of amides is 4. The molecule has 1 heterocycles. The number of nitrogens with one attached hydrogen (secondary N) is 3. The Bertz CT molecular complexity index is 783. The minimum atomic E-state index is -0.685. The first-order chi connectivity index (χ1) is 14.5. The van der Waals surface area contributed by atoms with Gasteiger partial charge in [0, 0.05) is 25.2 Å². The van der Waals surface area contributed by atoms with Crippen molar-refractivity contribution in [3.8, 4) is 0 Å². The number of carbonyl (C=O) groups excluding carboxylic acids is 3. The maximum atomic E-state index is 13.0. The van der Waals surface area contributed by atoms with Gasteiger partial charge in [-0.1, -0.05) is 37.6 Å². The van der Waals surface area contributed by atoms with Crippen LogP contribution in [-0.4, -0.2) is 54.0 Å². The Morgan fingerprint density at radius 2 is 1.74 bits per heavy atom. The summed E-state index contributed by atoms with van der Waals surface area (Å²) in [4.78, 5) is 40.0. The second kappa shape index (κ2) is 10.8. The number of nitrogens with zero attached hydrogens (tertiary/aromatic N) is 1. The van der Waals surface area contributed by atoms with E-state index < -0.39 is 6.04 Å². The summed E-state index contributed by atoms with van der Waals surface area (Å²) in [6.07, 6.45) is 1.25. The number of piperidine rings is 1. The molecule has 1 atom stereocenters. The smallest absolute Gasteiger partial charge is 0.317 e. The molecule has 1 saturated heterocycles. The van der Waals surface area contributed by atoms with Gasteiger partial charge in [0.05, 0.1) is 10.6 Å². The van der Waals surface area contributed by atoms with Crippen LogP contribution in [0, 0.1) is 11.8 Å². The normalized spacial score (nSPS) is 16.0. The molecule has 8 heteroatoms. The molecule has 1 fully saturated rings. The van der Waals surface area contributed by atoms with Crippen molar-refractivity contribution < 1.29 is 14.4 Å². The molecule has 7 nitrogen and oxygen atoms in total. The molecule has 4 amide bonds. The van der Waals surface area contributed by atoms with Gasteiger partial charge in [0.25, 0.3) is 5.91 Å². The molecule has 1 aromatic rings. The highest BCUT2D eigenvalue weighted by Crippen LogP contribution is 2.23. The molecule has 2 rings (SSSR count). The first-order valence-corrected chi connectivity index (χ1v) is 11.3. The van der Waals surface area contributed by atoms with Crippen molar-refractivity contribution in [2.45, 2.75) is 59.0 Å². The van der Waals surface area contributed by atoms with Gasteiger partial charge in [-0.15, -0.1) is 0 Å². The molecular formula is C23H35ClN4O3. The standard InChI is InChI=1S/C23H35ClN4O3/c1-15(2)14-25-21(30)19(26-20(29)17-8-6-7-9-18(17)24)16-10-12-28(13-11-16)22(31)27-23(3,4)5/h6-9,15-16,19H,10-14H2,1-5H3,(H,25,30)(H,26,29)(H,27,31)/t19-/m1/s1. The molecule has 0 spiro atoms. The fourth-order valence-corrected chi connectivity index (χ4v) is 3.73. The van der Waals surface area contributed by atoms with E-state index in [2.05, 4.69) is 16.0 Å². The Balaban J connectivity index is 2.09. The second-order valence-corrected chi connectivity index (χ2v) is 9.98. The van der Waals surface area contributed by atoms with Crippen LogP contribution in [0.2, 0.25) is 5.02 Å². The molecule has 0 aliphatic carbocycles. The van der Waals surface area contributed by atoms with Crippen molar-refractivity contribution in [2.75, 3.05) is 19.6 Å². The van der Waals surface area contributed by atoms with E-state index in [9.17, 15) is 14.4 Å². The minimum absolute atomic E-state index is 0.0720. The van der Waals surface area contributed by atoms with Crippen molar-refractivity contribution >= 4 is 29.4 Å². The third-order valence-corrected chi connectivity index (χ3v) is 5.48. The molecule has 1 aliphatic rings. The van der Waals surface area contributed by atoms with E-state index in [1.165, 1.54) is 0 Å². The molecule has 0 unspecified atom stereocenters. The Hall–Kier alpha value is -2.28. The van der Waals surface area contributed by atoms with E-state index in [0.717, 1.165) is 0 Å². The van der Waals surface area contributed by atoms with E-state index >= 15 is 0 Å². The zero-order chi connectivity index (χ0) is 23.2. The predicted molar refractivity (Wildman–Crippen MR) is 123 cm³/mol. The fourth-order valence-electron chi connectivity index (χ4n) is 3.51. The van der Waals surface area contributed by atoms with Gasteiger partial charge in [-0.25, -0.2) is 4.79 Å². The van der Waals surface area contributed by atoms with Crippen LogP contribution in [-0.2, 0) is 4.79 Å². The summed E-state index contributed by atoms with van der Waals surface area (Å²) in [6.45, 7) is 11.5. The summed E-state index contributed by atoms with van der Waals surface area (Å²) >= 11 is 6.16. The number of hydrogen-bond acceptors (Lipinski definition) is 3. The van der Waals surface area contributed by atoms with Gasteiger partial charge in [0.1, 0.15) is 6.04 Å². The SMILES string of the molecule is CC(C)CNC(=O)[C@H](NC(=O)c1ccccc1Cl)C1CCN(C(=O)NC(C)(C)C)CC1. The summed E-state index contributed by atoms with van der Waals surface area (Å²) in [5.74, 6) is -0.348. The molecule has 0 bridgehead atoms. The molecular weight excluding hydrogens is 416 g/mol. The van der Waals surface area contributed by atoms with Gasteiger partial charge in [0.2, 0.25) is 5.91 Å². The van der Waals surface area contributed by atoms with Crippen LogP contribution in [0.5, 0.6) is 0 Å². The van der Waals surface area contributed by atoms with E-state index in [1.54, 1.807) is 29.2 Å². The number of benzene rings is 1. The Kier molecular flexibility index (Phi) is 8.74. The molecule has 3 N–H and O–H groups in total. The summed E-state index contributed by atoms with van der Waals surface area (Å²) in [5.41, 5.74) is 0.0312. The first-order valence-electron chi connectivity index (χ1n) is 10.9. The van der Waals surface area contributed by atoms with E-state index in [0.29, 0.717) is 49.0 Å². The first kappa shape index (κ1) is 25.0. The van der Waals surface area contributed by atoms with Crippen LogP contribution in [0.4, 0.5) is 4.79 Å². The van der Waals surface area contributed by atoms with Gasteiger partial charge >= 0.3 is 6.03 Å². The number of hydrogen-bond donors (Lipinski definition) is 3. The maximum Gasteiger partial charge on any atom is 0.317 e. The molecule has 31 heavy (non-hydrogen) atoms. The lowest BCUT2D eigenvalue weighted by molar-refractivity contribution is -0.124. The van der Waals surface area contributed by atoms with Crippen LogP contribution in [0.3, 0.4) is 0 Å². The topological polar surface area (TPSA) is 90.5 Å². The van der Waals surface area contributed by atoms with Crippen molar-refractivity contribution in [3.05, 3.63) is 34.9 Å². The lowest BCUT2D eigenvalue weighted by atomic mass is 9.88. The number of carbonyl (C=O) groups is 3. The Labute approximate surface area is 190 Å². The van der Waals surface area contributed by atoms with E-state index in [4.69, 9.17) is 11.6 Å². The highest BCUT2D eigenvalue weighted by Gasteiger charge is 2.34. The molecule has 1 aliphatic heterocycles. The molecule has 0 radical (unpaired) electrons. The summed E-state index contributed by atoms with van der Waals surface area (Å²) in [6, 6.07) is 5.99. The number of halogens is 1. The van der Waals surface area contributed by atoms with Crippen LogP contribution in [0.1, 0.15) is 57.8 Å². The van der Waals surface area contributed by atoms with Gasteiger partial charge < -0.3 is 20.9 Å². The van der Waals surface area contributed by atoms with E-state index in [1.807, 2.05) is 34.6 Å². The molecule has 0 saturated carbocycles. The Morgan fingerprint density at radius 1 is 1.13 bits per heavy atom. The molecule has 0 aromatic heterocycles. The third kappa shape index (κ3) is 7.73. The highest BCUT2D eigenvalue weighted by atomic mass is 35.5. The largest absolute Gasteiger partial charge is 0.354 e. The van der Waals surface area contributed by atoms with Gasteiger partial charge in [-0.3, -0.25) is 9.59 Å². The van der Waals surface area contributed by atoms with E-state index in [-0.39, 0.29) is 29.3 Å². The highest BCUT2D eigenvalue weighted by molar-refractivity contribution is 6.33. The monoisotopic (exact) mass is 450 g/mol. The van der Waals surface area contributed by atoms with Crippen molar-refractivity contribution in [1.82, 2.24) is 20.9 Å². The molecule has 172 valence electrons. The zero-order valence-corrected chi connectivity index (χ0v) is 19.9. The van der Waals surface area contributed by atoms with Crippen LogP contribution < -0.4 is 16.0 Å². The van der Waals surface area contributed by atoms with Crippen molar-refractivity contribution in [1.29, 1.82) is 0 Å². The predicted octanol–water partition coefficient (Wildman–Crippen LogP) is 3.43. The second-order valence-electron chi connectivity index (χ2n) is 9.57. The quantitative estimate of drug-likeness (QED) is 0.620. The minimum Gasteiger partial charge on any atom is -0.354 e. The lowest BCUT2D eigenvalue weighted by Crippen LogP contribution is -2.56. The summed E-state index contributed by atoms with van der Waals surface area (Å²) in [5, 5.41) is 9.15. The average molecular weight is 451 g/mol. The number of rotatable bonds is 6. The number of urea groups is 1. The van der Waals surface area contributed by atoms with Crippen LogP contribution in [0.15, 0.2) is 24.3 Å². The van der Waals surface area contributed by atoms with Gasteiger partial charge in [-0.2, -0.15) is 0 Å². The van der Waals surface area contributed by atoms with Crippen LogP contribution >= 0.6 is 11.6 Å². The average Bonchev–Trinajstić information content (AvgIpc) is 2.69. The Morgan fingerprint density at radius 3 is 2.29 bits per heavy atom. The third-order valence-electron chi connectivity index (χ3n) is 5.15. The van der Waals surface area contributed by atoms with Crippen molar-refractivity contribution in [2.24, 2.45) is 11.8 Å². The number of likely N-dealkylation sites (tertiary alicyclic amines) is 1. The van der Waals surface area contributed by atoms with Crippen LogP contribution in [0.25, 0.3) is 0 Å². The lowest BCUT2D eigenvalue weighted by Gasteiger charge is -2.37. The van der Waals surface area contributed by atoms with Gasteiger partial charge in [0.15, 0.2) is 0 Å². The fraction of sp³-hybridized carbons (Fsp3) is 0.609. The maximum absolute atomic E-state index is 13.0. The summed E-state index contributed by atoms with van der Waals surface area (Å²) in [7, 11) is 0.